The summed E-state index contributed by atoms with van der Waals surface area (Å²) in [5.41, 5.74) is 4.88. The number of anilines is 2. The third kappa shape index (κ3) is 7.69. The fraction of sp³-hybridized carbons (Fsp3) is 0.400. The van der Waals surface area contributed by atoms with Gasteiger partial charge in [-0.1, -0.05) is 88.4 Å². The molecule has 0 atom stereocenters. The predicted molar refractivity (Wildman–Crippen MR) is 158 cm³/mol. The summed E-state index contributed by atoms with van der Waals surface area (Å²) in [6.45, 7) is 12.0. The summed E-state index contributed by atoms with van der Waals surface area (Å²) < 4.78 is 0. The van der Waals surface area contributed by atoms with Crippen molar-refractivity contribution in [3.05, 3.63) is 60.7 Å². The average Bonchev–Trinajstić information content (AvgIpc) is 2.92. The van der Waals surface area contributed by atoms with Crippen molar-refractivity contribution in [3.63, 3.8) is 0 Å². The van der Waals surface area contributed by atoms with E-state index in [2.05, 4.69) is 73.2 Å². The second-order valence-electron chi connectivity index (χ2n) is 10.00. The van der Waals surface area contributed by atoms with Crippen LogP contribution in [0.1, 0.15) is 40.5 Å². The molecule has 0 aliphatic carbocycles. The van der Waals surface area contributed by atoms with Crippen molar-refractivity contribution in [2.24, 2.45) is 0 Å². The van der Waals surface area contributed by atoms with Crippen LogP contribution in [-0.2, 0) is 0 Å². The first-order valence-corrected chi connectivity index (χ1v) is 13.7. The Morgan fingerprint density at radius 2 is 1.11 bits per heavy atom. The van der Waals surface area contributed by atoms with Crippen molar-refractivity contribution >= 4 is 22.9 Å². The minimum atomic E-state index is 0.464. The number of benzene rings is 2. The fourth-order valence-electron chi connectivity index (χ4n) is 4.11. The molecule has 4 rings (SSSR count). The standard InChI is InChI=1S/C30H40N8/c1-21(2)31-17-11-19-33-28-27-29(38-30(37-28)34-20-12-18-32-22(3)4)36-26(24-15-9-6-10-16-24)25(35-27)23-13-7-5-8-14-23/h5-10,13-16,21-22,31-32H,11-12,17-20H2,1-4H3,(H2,33,34,36,37,38). The van der Waals surface area contributed by atoms with Crippen LogP contribution in [0.5, 0.6) is 0 Å². The van der Waals surface area contributed by atoms with Gasteiger partial charge in [-0.2, -0.15) is 9.97 Å². The Morgan fingerprint density at radius 1 is 0.579 bits per heavy atom. The molecular weight excluding hydrogens is 472 g/mol. The van der Waals surface area contributed by atoms with Crippen LogP contribution in [-0.4, -0.2) is 58.2 Å². The number of nitrogens with one attached hydrogen (secondary N) is 4. The highest BCUT2D eigenvalue weighted by molar-refractivity contribution is 5.90. The lowest BCUT2D eigenvalue weighted by molar-refractivity contribution is 0.577. The number of hydrogen-bond acceptors (Lipinski definition) is 8. The van der Waals surface area contributed by atoms with Crippen LogP contribution in [0.3, 0.4) is 0 Å². The lowest BCUT2D eigenvalue weighted by Gasteiger charge is -2.15. The molecule has 0 radical (unpaired) electrons. The molecule has 2 heterocycles. The highest BCUT2D eigenvalue weighted by Crippen LogP contribution is 2.32. The second kappa shape index (κ2) is 13.8. The van der Waals surface area contributed by atoms with Gasteiger partial charge in [0.05, 0.1) is 11.4 Å². The zero-order chi connectivity index (χ0) is 26.7. The first kappa shape index (κ1) is 27.4. The summed E-state index contributed by atoms with van der Waals surface area (Å²) >= 11 is 0. The Hall–Kier alpha value is -3.62. The van der Waals surface area contributed by atoms with E-state index in [1.54, 1.807) is 0 Å². The summed E-state index contributed by atoms with van der Waals surface area (Å²) in [7, 11) is 0. The van der Waals surface area contributed by atoms with Gasteiger partial charge in [-0.15, -0.1) is 0 Å². The summed E-state index contributed by atoms with van der Waals surface area (Å²) in [4.78, 5) is 19.8. The molecule has 0 saturated heterocycles. The molecule has 0 unspecified atom stereocenters. The van der Waals surface area contributed by atoms with Crippen LogP contribution >= 0.6 is 0 Å². The zero-order valence-electron chi connectivity index (χ0n) is 23.0. The van der Waals surface area contributed by atoms with Crippen LogP contribution in [0.4, 0.5) is 11.8 Å². The van der Waals surface area contributed by atoms with E-state index in [-0.39, 0.29) is 0 Å². The highest BCUT2D eigenvalue weighted by Gasteiger charge is 2.18. The van der Waals surface area contributed by atoms with Crippen molar-refractivity contribution in [3.8, 4) is 22.5 Å². The molecule has 0 bridgehead atoms. The van der Waals surface area contributed by atoms with Gasteiger partial charge in [0.25, 0.3) is 0 Å². The Kier molecular flexibility index (Phi) is 9.95. The van der Waals surface area contributed by atoms with E-state index in [9.17, 15) is 0 Å². The topological polar surface area (TPSA) is 99.7 Å². The summed E-state index contributed by atoms with van der Waals surface area (Å²) in [6, 6.07) is 21.3. The molecule has 2 aromatic heterocycles. The van der Waals surface area contributed by atoms with E-state index in [0.717, 1.165) is 61.5 Å². The Morgan fingerprint density at radius 3 is 1.66 bits per heavy atom. The number of hydrogen-bond donors (Lipinski definition) is 4. The van der Waals surface area contributed by atoms with Gasteiger partial charge in [-0.3, -0.25) is 0 Å². The molecule has 0 fully saturated rings. The molecule has 4 aromatic rings. The normalized spacial score (nSPS) is 11.4. The predicted octanol–water partition coefficient (Wildman–Crippen LogP) is 5.35. The molecule has 4 N–H and O–H groups in total. The molecule has 0 aliphatic rings. The van der Waals surface area contributed by atoms with Crippen molar-refractivity contribution in [2.45, 2.75) is 52.6 Å². The smallest absolute Gasteiger partial charge is 0.226 e. The Labute approximate surface area is 226 Å². The molecular formula is C30H40N8. The molecule has 38 heavy (non-hydrogen) atoms. The van der Waals surface area contributed by atoms with Crippen LogP contribution in [0.2, 0.25) is 0 Å². The van der Waals surface area contributed by atoms with Gasteiger partial charge in [-0.05, 0) is 25.9 Å². The Balaban J connectivity index is 1.70. The van der Waals surface area contributed by atoms with Crippen LogP contribution in [0.25, 0.3) is 33.7 Å². The van der Waals surface area contributed by atoms with Crippen molar-refractivity contribution in [2.75, 3.05) is 36.8 Å². The van der Waals surface area contributed by atoms with E-state index in [0.29, 0.717) is 35.0 Å². The third-order valence-electron chi connectivity index (χ3n) is 6.01. The number of aromatic nitrogens is 4. The van der Waals surface area contributed by atoms with Crippen LogP contribution in [0, 0.1) is 0 Å². The maximum atomic E-state index is 5.12. The van der Waals surface area contributed by atoms with E-state index in [4.69, 9.17) is 19.9 Å². The van der Waals surface area contributed by atoms with Crippen molar-refractivity contribution in [1.82, 2.24) is 30.6 Å². The minimum Gasteiger partial charge on any atom is -0.368 e. The molecule has 0 saturated carbocycles. The van der Waals surface area contributed by atoms with E-state index >= 15 is 0 Å². The SMILES string of the molecule is CC(C)NCCCNc1nc(NCCCNC(C)C)c2nc(-c3ccccc3)c(-c3ccccc3)nc2n1. The summed E-state index contributed by atoms with van der Waals surface area (Å²) in [5, 5.41) is 13.8. The molecule has 2 aromatic carbocycles. The number of fused-ring (bicyclic) bond motifs is 1. The maximum Gasteiger partial charge on any atom is 0.226 e. The summed E-state index contributed by atoms with van der Waals surface area (Å²) in [6.07, 6.45) is 1.94. The van der Waals surface area contributed by atoms with Gasteiger partial charge in [0.1, 0.15) is 0 Å². The number of nitrogens with zero attached hydrogens (tertiary/aromatic N) is 4. The third-order valence-corrected chi connectivity index (χ3v) is 6.01. The number of rotatable bonds is 14. The highest BCUT2D eigenvalue weighted by atomic mass is 15.2. The lowest BCUT2D eigenvalue weighted by Crippen LogP contribution is -2.25. The Bertz CT molecular complexity index is 1280. The lowest BCUT2D eigenvalue weighted by atomic mass is 10.0. The largest absolute Gasteiger partial charge is 0.368 e. The maximum absolute atomic E-state index is 5.12. The van der Waals surface area contributed by atoms with Gasteiger partial charge in [0.15, 0.2) is 17.0 Å². The zero-order valence-corrected chi connectivity index (χ0v) is 23.0. The first-order valence-electron chi connectivity index (χ1n) is 13.7. The van der Waals surface area contributed by atoms with Gasteiger partial charge in [0.2, 0.25) is 5.95 Å². The average molecular weight is 513 g/mol. The van der Waals surface area contributed by atoms with Crippen LogP contribution in [0.15, 0.2) is 60.7 Å². The van der Waals surface area contributed by atoms with Crippen LogP contribution < -0.4 is 21.3 Å². The van der Waals surface area contributed by atoms with E-state index < -0.39 is 0 Å². The molecule has 0 amide bonds. The molecule has 0 spiro atoms. The van der Waals surface area contributed by atoms with Gasteiger partial charge >= 0.3 is 0 Å². The molecule has 0 aliphatic heterocycles. The molecule has 8 nitrogen and oxygen atoms in total. The van der Waals surface area contributed by atoms with Crippen molar-refractivity contribution < 1.29 is 0 Å². The quantitative estimate of drug-likeness (QED) is 0.168. The van der Waals surface area contributed by atoms with E-state index in [1.807, 2.05) is 36.4 Å². The first-order chi connectivity index (χ1) is 18.5. The molecule has 8 heteroatoms. The van der Waals surface area contributed by atoms with Gasteiger partial charge in [-0.25, -0.2) is 9.97 Å². The van der Waals surface area contributed by atoms with Gasteiger partial charge in [0, 0.05) is 36.3 Å². The minimum absolute atomic E-state index is 0.464. The van der Waals surface area contributed by atoms with E-state index in [1.165, 1.54) is 0 Å². The molecule has 200 valence electrons. The van der Waals surface area contributed by atoms with Crippen molar-refractivity contribution in [1.29, 1.82) is 0 Å². The monoisotopic (exact) mass is 512 g/mol. The second-order valence-corrected chi connectivity index (χ2v) is 10.00. The fourth-order valence-corrected chi connectivity index (χ4v) is 4.11. The summed E-state index contributed by atoms with van der Waals surface area (Å²) in [5.74, 6) is 1.26. The van der Waals surface area contributed by atoms with Gasteiger partial charge < -0.3 is 21.3 Å².